The van der Waals surface area contributed by atoms with Gasteiger partial charge in [0.25, 0.3) is 5.91 Å². The summed E-state index contributed by atoms with van der Waals surface area (Å²) < 4.78 is 27.1. The molecular formula is C13H18N2O4S. The molecule has 1 heterocycles. The van der Waals surface area contributed by atoms with Crippen LogP contribution in [0.25, 0.3) is 0 Å². The van der Waals surface area contributed by atoms with Crippen molar-refractivity contribution in [3.05, 3.63) is 35.4 Å². The number of sulfonamides is 1. The van der Waals surface area contributed by atoms with E-state index in [4.69, 9.17) is 9.88 Å². The summed E-state index contributed by atoms with van der Waals surface area (Å²) >= 11 is 0. The molecule has 0 fully saturated rings. The van der Waals surface area contributed by atoms with Crippen molar-refractivity contribution in [3.8, 4) is 0 Å². The first-order valence-corrected chi connectivity index (χ1v) is 8.16. The van der Waals surface area contributed by atoms with Crippen LogP contribution in [0.4, 0.5) is 0 Å². The summed E-state index contributed by atoms with van der Waals surface area (Å²) in [4.78, 5) is 12.1. The number of primary sulfonamides is 1. The van der Waals surface area contributed by atoms with Gasteiger partial charge < -0.3 is 10.1 Å². The molecule has 2 rings (SSSR count). The van der Waals surface area contributed by atoms with Crippen molar-refractivity contribution in [2.24, 2.45) is 5.14 Å². The van der Waals surface area contributed by atoms with Crippen LogP contribution in [0.3, 0.4) is 0 Å². The van der Waals surface area contributed by atoms with E-state index in [1.165, 1.54) is 0 Å². The Bertz CT molecular complexity index is 586. The maximum Gasteiger partial charge on any atom is 0.253 e. The Morgan fingerprint density at radius 3 is 2.90 bits per heavy atom. The summed E-state index contributed by atoms with van der Waals surface area (Å²) in [7, 11) is -3.48. The van der Waals surface area contributed by atoms with Crippen molar-refractivity contribution in [2.45, 2.75) is 18.9 Å². The molecule has 1 amide bonds. The monoisotopic (exact) mass is 298 g/mol. The van der Waals surface area contributed by atoms with Gasteiger partial charge in [-0.25, -0.2) is 13.6 Å². The second-order valence-electron chi connectivity index (χ2n) is 4.71. The van der Waals surface area contributed by atoms with Gasteiger partial charge in [0, 0.05) is 6.54 Å². The zero-order valence-corrected chi connectivity index (χ0v) is 11.9. The molecule has 1 aromatic carbocycles. The maximum absolute atomic E-state index is 12.1. The SMILES string of the molecule is NS(=O)(=O)CCCNC(=O)C1OCCc2ccccc21. The van der Waals surface area contributed by atoms with Crippen molar-refractivity contribution in [2.75, 3.05) is 18.9 Å². The lowest BCUT2D eigenvalue weighted by molar-refractivity contribution is -0.134. The number of rotatable bonds is 5. The third-order valence-electron chi connectivity index (χ3n) is 3.14. The molecule has 1 atom stereocenters. The molecule has 6 nitrogen and oxygen atoms in total. The molecule has 1 unspecified atom stereocenters. The number of nitrogens with one attached hydrogen (secondary N) is 1. The van der Waals surface area contributed by atoms with Crippen LogP contribution in [-0.4, -0.2) is 33.2 Å². The number of carbonyl (C=O) groups is 1. The van der Waals surface area contributed by atoms with Crippen LogP contribution in [0.1, 0.15) is 23.7 Å². The fourth-order valence-corrected chi connectivity index (χ4v) is 2.74. The van der Waals surface area contributed by atoms with Gasteiger partial charge in [-0.2, -0.15) is 0 Å². The van der Waals surface area contributed by atoms with E-state index < -0.39 is 16.1 Å². The lowest BCUT2D eigenvalue weighted by Crippen LogP contribution is -2.35. The van der Waals surface area contributed by atoms with E-state index in [0.717, 1.165) is 17.5 Å². The van der Waals surface area contributed by atoms with Crippen LogP contribution in [0.2, 0.25) is 0 Å². The van der Waals surface area contributed by atoms with Crippen molar-refractivity contribution >= 4 is 15.9 Å². The van der Waals surface area contributed by atoms with Crippen molar-refractivity contribution < 1.29 is 17.9 Å². The molecule has 110 valence electrons. The highest BCUT2D eigenvalue weighted by Gasteiger charge is 2.26. The van der Waals surface area contributed by atoms with Gasteiger partial charge in [0.05, 0.1) is 12.4 Å². The number of carbonyl (C=O) groups excluding carboxylic acids is 1. The van der Waals surface area contributed by atoms with E-state index in [2.05, 4.69) is 5.32 Å². The van der Waals surface area contributed by atoms with Crippen molar-refractivity contribution in [1.29, 1.82) is 0 Å². The zero-order valence-electron chi connectivity index (χ0n) is 11.0. The molecule has 0 aliphatic carbocycles. The molecule has 0 radical (unpaired) electrons. The number of ether oxygens (including phenoxy) is 1. The van der Waals surface area contributed by atoms with Crippen molar-refractivity contribution in [3.63, 3.8) is 0 Å². The molecular weight excluding hydrogens is 280 g/mol. The molecule has 3 N–H and O–H groups in total. The van der Waals surface area contributed by atoms with Gasteiger partial charge >= 0.3 is 0 Å². The Balaban J connectivity index is 1.91. The number of hydrogen-bond donors (Lipinski definition) is 2. The second kappa shape index (κ2) is 6.34. The van der Waals surface area contributed by atoms with Gasteiger partial charge in [-0.1, -0.05) is 24.3 Å². The summed E-state index contributed by atoms with van der Waals surface area (Å²) in [5.41, 5.74) is 1.99. The van der Waals surface area contributed by atoms with Gasteiger partial charge in [-0.05, 0) is 24.0 Å². The fraction of sp³-hybridized carbons (Fsp3) is 0.462. The second-order valence-corrected chi connectivity index (χ2v) is 6.45. The Hall–Kier alpha value is -1.44. The highest BCUT2D eigenvalue weighted by atomic mass is 32.2. The lowest BCUT2D eigenvalue weighted by atomic mass is 9.97. The molecule has 1 aliphatic heterocycles. The normalized spacial score (nSPS) is 18.4. The van der Waals surface area contributed by atoms with Crippen LogP contribution < -0.4 is 10.5 Å². The molecule has 20 heavy (non-hydrogen) atoms. The van der Waals surface area contributed by atoms with E-state index in [0.29, 0.717) is 13.0 Å². The molecule has 0 saturated heterocycles. The van der Waals surface area contributed by atoms with Crippen LogP contribution in [0.5, 0.6) is 0 Å². The predicted octanol–water partition coefficient (Wildman–Crippen LogP) is 0.0952. The zero-order chi connectivity index (χ0) is 14.6. The average Bonchev–Trinajstić information content (AvgIpc) is 2.41. The summed E-state index contributed by atoms with van der Waals surface area (Å²) in [5.74, 6) is -0.387. The van der Waals surface area contributed by atoms with E-state index >= 15 is 0 Å². The first-order chi connectivity index (χ1) is 9.47. The first-order valence-electron chi connectivity index (χ1n) is 6.45. The van der Waals surface area contributed by atoms with Crippen molar-refractivity contribution in [1.82, 2.24) is 5.32 Å². The standard InChI is InChI=1S/C13H18N2O4S/c14-20(17,18)9-3-7-15-13(16)12-11-5-2-1-4-10(11)6-8-19-12/h1-2,4-5,12H,3,6-9H2,(H,15,16)(H2,14,17,18). The Morgan fingerprint density at radius 2 is 2.15 bits per heavy atom. The minimum atomic E-state index is -3.48. The summed E-state index contributed by atoms with van der Waals surface area (Å²) in [6, 6.07) is 7.67. The number of amides is 1. The summed E-state index contributed by atoms with van der Waals surface area (Å²) in [6.07, 6.45) is 0.471. The fourth-order valence-electron chi connectivity index (χ4n) is 2.19. The quantitative estimate of drug-likeness (QED) is 0.753. The minimum Gasteiger partial charge on any atom is -0.363 e. The van der Waals surface area contributed by atoms with Gasteiger partial charge in [0.1, 0.15) is 0 Å². The largest absolute Gasteiger partial charge is 0.363 e. The van der Waals surface area contributed by atoms with E-state index in [-0.39, 0.29) is 18.2 Å². The molecule has 0 saturated carbocycles. The Labute approximate surface area is 118 Å². The molecule has 1 aliphatic rings. The van der Waals surface area contributed by atoms with Gasteiger partial charge in [0.15, 0.2) is 6.10 Å². The molecule has 1 aromatic rings. The van der Waals surface area contributed by atoms with E-state index in [1.807, 2.05) is 24.3 Å². The Kier molecular flexibility index (Phi) is 4.74. The van der Waals surface area contributed by atoms with E-state index in [9.17, 15) is 13.2 Å². The van der Waals surface area contributed by atoms with Gasteiger partial charge in [0.2, 0.25) is 10.0 Å². The third kappa shape index (κ3) is 4.03. The van der Waals surface area contributed by atoms with Crippen LogP contribution in [0.15, 0.2) is 24.3 Å². The smallest absolute Gasteiger partial charge is 0.253 e. The number of nitrogens with two attached hydrogens (primary N) is 1. The minimum absolute atomic E-state index is 0.143. The first kappa shape index (κ1) is 15.0. The number of benzene rings is 1. The molecule has 0 aromatic heterocycles. The van der Waals surface area contributed by atoms with Crippen LogP contribution >= 0.6 is 0 Å². The topological polar surface area (TPSA) is 98.5 Å². The molecule has 0 bridgehead atoms. The predicted molar refractivity (Wildman–Crippen MR) is 74.4 cm³/mol. The molecule has 0 spiro atoms. The van der Waals surface area contributed by atoms with Crippen LogP contribution in [-0.2, 0) is 26.0 Å². The summed E-state index contributed by atoms with van der Waals surface area (Å²) in [5, 5.41) is 7.58. The van der Waals surface area contributed by atoms with E-state index in [1.54, 1.807) is 0 Å². The maximum atomic E-state index is 12.1. The average molecular weight is 298 g/mol. The van der Waals surface area contributed by atoms with Gasteiger partial charge in [-0.3, -0.25) is 4.79 Å². The third-order valence-corrected chi connectivity index (χ3v) is 3.99. The summed E-state index contributed by atoms with van der Waals surface area (Å²) in [6.45, 7) is 0.767. The lowest BCUT2D eigenvalue weighted by Gasteiger charge is -2.25. The van der Waals surface area contributed by atoms with Crippen LogP contribution in [0, 0.1) is 0 Å². The highest BCUT2D eigenvalue weighted by Crippen LogP contribution is 2.26. The Morgan fingerprint density at radius 1 is 1.40 bits per heavy atom. The highest BCUT2D eigenvalue weighted by molar-refractivity contribution is 7.89. The molecule has 7 heteroatoms. The number of hydrogen-bond acceptors (Lipinski definition) is 4. The number of fused-ring (bicyclic) bond motifs is 1. The van der Waals surface area contributed by atoms with Gasteiger partial charge in [-0.15, -0.1) is 0 Å².